The van der Waals surface area contributed by atoms with Gasteiger partial charge >= 0.3 is 0 Å². The molecule has 1 aromatic carbocycles. The van der Waals surface area contributed by atoms with Gasteiger partial charge in [0.15, 0.2) is 17.8 Å². The molecule has 1 heterocycles. The molecule has 0 spiro atoms. The Balaban J connectivity index is 2.05. The molecule has 0 aliphatic heterocycles. The van der Waals surface area contributed by atoms with Gasteiger partial charge in [-0.25, -0.2) is 0 Å². The van der Waals surface area contributed by atoms with Crippen LogP contribution in [0.25, 0.3) is 11.0 Å². The van der Waals surface area contributed by atoms with E-state index in [2.05, 4.69) is 20.8 Å². The van der Waals surface area contributed by atoms with Crippen molar-refractivity contribution in [3.05, 3.63) is 23.0 Å². The highest BCUT2D eigenvalue weighted by atomic mass is 16.5. The number of fused-ring (bicyclic) bond motifs is 5. The van der Waals surface area contributed by atoms with Crippen molar-refractivity contribution in [3.8, 4) is 11.5 Å². The van der Waals surface area contributed by atoms with Crippen LogP contribution in [0.3, 0.4) is 0 Å². The van der Waals surface area contributed by atoms with E-state index in [-0.39, 0.29) is 5.41 Å². The van der Waals surface area contributed by atoms with Crippen molar-refractivity contribution in [2.45, 2.75) is 64.7 Å². The number of hydrogen-bond acceptors (Lipinski definition) is 4. The fourth-order valence-electron chi connectivity index (χ4n) is 6.13. The summed E-state index contributed by atoms with van der Waals surface area (Å²) in [6, 6.07) is 2.01. The summed E-state index contributed by atoms with van der Waals surface area (Å²) in [5.41, 5.74) is 2.77. The molecule has 0 saturated heterocycles. The molecule has 0 amide bonds. The lowest BCUT2D eigenvalue weighted by Gasteiger charge is -2.50. The Morgan fingerprint density at radius 1 is 1.15 bits per heavy atom. The maximum absolute atomic E-state index is 11.9. The number of carbonyl (C=O) groups excluding carboxylic acids is 1. The molecule has 2 aliphatic carbocycles. The maximum atomic E-state index is 11.9. The van der Waals surface area contributed by atoms with Gasteiger partial charge in [0.25, 0.3) is 0 Å². The average Bonchev–Trinajstić information content (AvgIpc) is 2.92. The second-order valence-electron chi connectivity index (χ2n) is 9.12. The topological polar surface area (TPSA) is 48.7 Å². The predicted octanol–water partition coefficient (Wildman–Crippen LogP) is 5.68. The Hall–Kier alpha value is -1.97. The SMILES string of the molecule is COc1cc2c3c(oc2c(C=O)c1OC)CCCC1C(C)(C)CCCC31C. The highest BCUT2D eigenvalue weighted by molar-refractivity contribution is 6.01. The zero-order chi connectivity index (χ0) is 19.4. The molecule has 2 aliphatic rings. The molecule has 4 nitrogen and oxygen atoms in total. The highest BCUT2D eigenvalue weighted by Gasteiger charge is 2.50. The fourth-order valence-corrected chi connectivity index (χ4v) is 6.13. The minimum Gasteiger partial charge on any atom is -0.493 e. The summed E-state index contributed by atoms with van der Waals surface area (Å²) >= 11 is 0. The Morgan fingerprint density at radius 3 is 2.59 bits per heavy atom. The lowest BCUT2D eigenvalue weighted by atomic mass is 9.53. The van der Waals surface area contributed by atoms with E-state index in [1.807, 2.05) is 6.07 Å². The maximum Gasteiger partial charge on any atom is 0.175 e. The smallest absolute Gasteiger partial charge is 0.175 e. The van der Waals surface area contributed by atoms with Crippen LogP contribution in [-0.4, -0.2) is 20.5 Å². The molecule has 2 atom stereocenters. The number of methoxy groups -OCH3 is 2. The van der Waals surface area contributed by atoms with Crippen LogP contribution in [0.4, 0.5) is 0 Å². The van der Waals surface area contributed by atoms with E-state index in [0.717, 1.165) is 36.7 Å². The van der Waals surface area contributed by atoms with E-state index in [4.69, 9.17) is 13.9 Å². The third kappa shape index (κ3) is 2.52. The Morgan fingerprint density at radius 2 is 1.93 bits per heavy atom. The van der Waals surface area contributed by atoms with Crippen LogP contribution >= 0.6 is 0 Å². The quantitative estimate of drug-likeness (QED) is 0.652. The van der Waals surface area contributed by atoms with Crippen molar-refractivity contribution in [1.29, 1.82) is 0 Å². The molecule has 1 aromatic heterocycles. The normalized spacial score (nSPS) is 26.8. The van der Waals surface area contributed by atoms with Gasteiger partial charge < -0.3 is 13.9 Å². The number of carbonyl (C=O) groups is 1. The second-order valence-corrected chi connectivity index (χ2v) is 9.12. The Bertz CT molecular complexity index is 892. The largest absolute Gasteiger partial charge is 0.493 e. The van der Waals surface area contributed by atoms with Crippen LogP contribution < -0.4 is 9.47 Å². The highest BCUT2D eigenvalue weighted by Crippen LogP contribution is 2.58. The number of ether oxygens (including phenoxy) is 2. The molecule has 1 fully saturated rings. The van der Waals surface area contributed by atoms with Gasteiger partial charge in [0.2, 0.25) is 0 Å². The van der Waals surface area contributed by atoms with Crippen LogP contribution in [0.1, 0.15) is 74.6 Å². The van der Waals surface area contributed by atoms with Gasteiger partial charge in [-0.15, -0.1) is 0 Å². The van der Waals surface area contributed by atoms with E-state index < -0.39 is 0 Å². The van der Waals surface area contributed by atoms with Crippen LogP contribution in [-0.2, 0) is 11.8 Å². The summed E-state index contributed by atoms with van der Waals surface area (Å²) in [5, 5.41) is 1.02. The van der Waals surface area contributed by atoms with Gasteiger partial charge in [-0.2, -0.15) is 0 Å². The molecule has 1 saturated carbocycles. The fraction of sp³-hybridized carbons (Fsp3) is 0.609. The number of rotatable bonds is 3. The zero-order valence-corrected chi connectivity index (χ0v) is 17.1. The van der Waals surface area contributed by atoms with Gasteiger partial charge in [0, 0.05) is 17.4 Å². The van der Waals surface area contributed by atoms with E-state index in [0.29, 0.717) is 34.0 Å². The summed E-state index contributed by atoms with van der Waals surface area (Å²) in [6.07, 6.45) is 7.76. The van der Waals surface area contributed by atoms with Gasteiger partial charge in [-0.05, 0) is 48.5 Å². The second kappa shape index (κ2) is 6.29. The molecule has 0 bridgehead atoms. The van der Waals surface area contributed by atoms with Gasteiger partial charge in [-0.3, -0.25) is 4.79 Å². The summed E-state index contributed by atoms with van der Waals surface area (Å²) in [7, 11) is 3.18. The molecule has 2 unspecified atom stereocenters. The number of benzene rings is 1. The summed E-state index contributed by atoms with van der Waals surface area (Å²) in [4.78, 5) is 11.9. The first-order valence-corrected chi connectivity index (χ1v) is 10.0. The molecule has 4 heteroatoms. The van der Waals surface area contributed by atoms with Crippen LogP contribution in [0, 0.1) is 11.3 Å². The third-order valence-electron chi connectivity index (χ3n) is 7.25. The minimum absolute atomic E-state index is 0.0542. The molecule has 0 N–H and O–H groups in total. The van der Waals surface area contributed by atoms with Gasteiger partial charge in [0.05, 0.1) is 14.2 Å². The van der Waals surface area contributed by atoms with Crippen molar-refractivity contribution in [2.24, 2.45) is 11.3 Å². The Labute approximate surface area is 161 Å². The summed E-state index contributed by atoms with van der Waals surface area (Å²) < 4.78 is 17.4. The average molecular weight is 370 g/mol. The molecule has 4 rings (SSSR count). The van der Waals surface area contributed by atoms with Crippen molar-refractivity contribution in [2.75, 3.05) is 14.2 Å². The standard InChI is InChI=1S/C23H30O4/c1-22(2)10-7-11-23(3)18(22)9-6-8-16-19(23)14-12-17(25-4)21(26-5)15(13-24)20(14)27-16/h12-13,18H,6-11H2,1-5H3. The van der Waals surface area contributed by atoms with E-state index in [1.54, 1.807) is 14.2 Å². The van der Waals surface area contributed by atoms with E-state index in [9.17, 15) is 4.79 Å². The summed E-state index contributed by atoms with van der Waals surface area (Å²) in [6.45, 7) is 7.25. The first-order chi connectivity index (χ1) is 12.9. The third-order valence-corrected chi connectivity index (χ3v) is 7.25. The molecule has 146 valence electrons. The number of aryl methyl sites for hydroxylation is 1. The molecule has 2 aromatic rings. The van der Waals surface area contributed by atoms with Crippen molar-refractivity contribution in [3.63, 3.8) is 0 Å². The molecule has 27 heavy (non-hydrogen) atoms. The number of hydrogen-bond donors (Lipinski definition) is 0. The minimum atomic E-state index is 0.0542. The first-order valence-electron chi connectivity index (χ1n) is 10.0. The van der Waals surface area contributed by atoms with Gasteiger partial charge in [-0.1, -0.05) is 27.2 Å². The Kier molecular flexibility index (Phi) is 4.28. The van der Waals surface area contributed by atoms with Crippen molar-refractivity contribution < 1.29 is 18.7 Å². The number of furan rings is 1. The molecule has 0 radical (unpaired) electrons. The van der Waals surface area contributed by atoms with Crippen LogP contribution in [0.2, 0.25) is 0 Å². The predicted molar refractivity (Wildman–Crippen MR) is 106 cm³/mol. The molecular weight excluding hydrogens is 340 g/mol. The summed E-state index contributed by atoms with van der Waals surface area (Å²) in [5.74, 6) is 2.70. The van der Waals surface area contributed by atoms with Gasteiger partial charge in [0.1, 0.15) is 16.9 Å². The van der Waals surface area contributed by atoms with E-state index >= 15 is 0 Å². The van der Waals surface area contributed by atoms with Crippen LogP contribution in [0.5, 0.6) is 11.5 Å². The first kappa shape index (κ1) is 18.4. The monoisotopic (exact) mass is 370 g/mol. The van der Waals surface area contributed by atoms with Crippen molar-refractivity contribution >= 4 is 17.3 Å². The zero-order valence-electron chi connectivity index (χ0n) is 17.1. The van der Waals surface area contributed by atoms with E-state index in [1.165, 1.54) is 24.8 Å². The van der Waals surface area contributed by atoms with Crippen LogP contribution in [0.15, 0.2) is 10.5 Å². The molecular formula is C23H30O4. The number of aldehydes is 1. The van der Waals surface area contributed by atoms with Crippen molar-refractivity contribution in [1.82, 2.24) is 0 Å². The lowest BCUT2D eigenvalue weighted by Crippen LogP contribution is -2.44. The lowest BCUT2D eigenvalue weighted by molar-refractivity contribution is 0.0509.